The van der Waals surface area contributed by atoms with Crippen molar-refractivity contribution in [2.24, 2.45) is 0 Å². The molecule has 5 rings (SSSR count). The minimum Gasteiger partial charge on any atom is -0.493 e. The summed E-state index contributed by atoms with van der Waals surface area (Å²) >= 11 is 0. The van der Waals surface area contributed by atoms with Crippen LogP contribution in [-0.2, 0) is 0 Å². The summed E-state index contributed by atoms with van der Waals surface area (Å²) in [6, 6.07) is 13.8. The van der Waals surface area contributed by atoms with Crippen molar-refractivity contribution in [3.63, 3.8) is 0 Å². The third-order valence-electron chi connectivity index (χ3n) is 4.90. The highest BCUT2D eigenvalue weighted by Gasteiger charge is 2.16. The molecule has 3 aromatic heterocycles. The first kappa shape index (κ1) is 17.2. The number of nitrogens with zero attached hydrogens (tertiary/aromatic N) is 6. The Morgan fingerprint density at radius 2 is 1.66 bits per heavy atom. The summed E-state index contributed by atoms with van der Waals surface area (Å²) in [7, 11) is 3.21. The Morgan fingerprint density at radius 3 is 2.41 bits per heavy atom. The Balaban J connectivity index is 1.66. The molecule has 0 aliphatic heterocycles. The van der Waals surface area contributed by atoms with Gasteiger partial charge in [-0.3, -0.25) is 4.40 Å². The number of aromatic nitrogens is 6. The highest BCUT2D eigenvalue weighted by Crippen LogP contribution is 2.32. The fraction of sp³-hybridized carbons (Fsp3) is 0.143. The summed E-state index contributed by atoms with van der Waals surface area (Å²) in [5.74, 6) is 1.95. The van der Waals surface area contributed by atoms with Gasteiger partial charge in [-0.1, -0.05) is 17.7 Å². The van der Waals surface area contributed by atoms with Crippen LogP contribution in [0.4, 0.5) is 0 Å². The minimum absolute atomic E-state index is 0.628. The van der Waals surface area contributed by atoms with Gasteiger partial charge in [-0.2, -0.15) is 5.10 Å². The van der Waals surface area contributed by atoms with Gasteiger partial charge in [0.05, 0.1) is 31.5 Å². The summed E-state index contributed by atoms with van der Waals surface area (Å²) < 4.78 is 14.4. The molecular formula is C21H18N6O2. The van der Waals surface area contributed by atoms with Crippen molar-refractivity contribution in [3.8, 4) is 28.6 Å². The summed E-state index contributed by atoms with van der Waals surface area (Å²) in [5, 5.41) is 14.1. The highest BCUT2D eigenvalue weighted by molar-refractivity contribution is 5.90. The number of benzene rings is 2. The molecule has 0 fully saturated rings. The fourth-order valence-corrected chi connectivity index (χ4v) is 3.37. The van der Waals surface area contributed by atoms with E-state index in [9.17, 15) is 0 Å². The molecule has 0 saturated carbocycles. The first-order valence-electron chi connectivity index (χ1n) is 9.06. The molecule has 5 aromatic rings. The summed E-state index contributed by atoms with van der Waals surface area (Å²) in [5.41, 5.74) is 4.41. The monoisotopic (exact) mass is 386 g/mol. The van der Waals surface area contributed by atoms with Gasteiger partial charge >= 0.3 is 0 Å². The second-order valence-electron chi connectivity index (χ2n) is 6.66. The Kier molecular flexibility index (Phi) is 3.90. The lowest BCUT2D eigenvalue weighted by Gasteiger charge is -2.08. The fourth-order valence-electron chi connectivity index (χ4n) is 3.37. The van der Waals surface area contributed by atoms with Crippen molar-refractivity contribution >= 4 is 16.7 Å². The summed E-state index contributed by atoms with van der Waals surface area (Å²) in [6.07, 6.45) is 3.49. The normalized spacial score (nSPS) is 11.3. The average Bonchev–Trinajstić information content (AvgIpc) is 3.38. The number of hydrogen-bond acceptors (Lipinski definition) is 6. The van der Waals surface area contributed by atoms with Crippen LogP contribution in [0, 0.1) is 6.92 Å². The highest BCUT2D eigenvalue weighted by atomic mass is 16.5. The number of rotatable bonds is 4. The van der Waals surface area contributed by atoms with Gasteiger partial charge in [0, 0.05) is 5.56 Å². The van der Waals surface area contributed by atoms with Gasteiger partial charge in [0.25, 0.3) is 0 Å². The van der Waals surface area contributed by atoms with Gasteiger partial charge in [-0.05, 0) is 37.3 Å². The Morgan fingerprint density at radius 1 is 0.862 bits per heavy atom. The second kappa shape index (κ2) is 6.59. The van der Waals surface area contributed by atoms with Crippen molar-refractivity contribution in [1.82, 2.24) is 29.4 Å². The zero-order valence-electron chi connectivity index (χ0n) is 16.2. The van der Waals surface area contributed by atoms with Crippen LogP contribution in [0.15, 0.2) is 55.0 Å². The van der Waals surface area contributed by atoms with Crippen LogP contribution in [-0.4, -0.2) is 43.6 Å². The number of fused-ring (bicyclic) bond motifs is 3. The molecule has 0 N–H and O–H groups in total. The van der Waals surface area contributed by atoms with Crippen molar-refractivity contribution in [2.45, 2.75) is 6.92 Å². The standard InChI is InChI=1S/C21H18N6O2/c1-13-4-7-15(8-5-13)27-20-16(11-23-27)21-25-24-19(26(21)12-22-20)14-6-9-17(28-2)18(10-14)29-3/h4-12H,1-3H3. The Bertz CT molecular complexity index is 1340. The predicted octanol–water partition coefficient (Wildman–Crippen LogP) is 3.46. The molecule has 29 heavy (non-hydrogen) atoms. The van der Waals surface area contributed by atoms with E-state index in [2.05, 4.69) is 27.2 Å². The lowest BCUT2D eigenvalue weighted by Crippen LogP contribution is -1.99. The minimum atomic E-state index is 0.628. The molecule has 8 heteroatoms. The van der Waals surface area contributed by atoms with Gasteiger partial charge in [-0.15, -0.1) is 10.2 Å². The largest absolute Gasteiger partial charge is 0.493 e. The van der Waals surface area contributed by atoms with E-state index >= 15 is 0 Å². The van der Waals surface area contributed by atoms with E-state index in [0.29, 0.717) is 23.0 Å². The molecule has 0 atom stereocenters. The quantitative estimate of drug-likeness (QED) is 0.471. The zero-order chi connectivity index (χ0) is 20.0. The van der Waals surface area contributed by atoms with Crippen LogP contribution in [0.1, 0.15) is 5.56 Å². The molecule has 3 heterocycles. The number of aryl methyl sites for hydroxylation is 1. The van der Waals surface area contributed by atoms with Crippen LogP contribution >= 0.6 is 0 Å². The van der Waals surface area contributed by atoms with Crippen LogP contribution in [0.2, 0.25) is 0 Å². The van der Waals surface area contributed by atoms with Crippen molar-refractivity contribution < 1.29 is 9.47 Å². The predicted molar refractivity (Wildman–Crippen MR) is 109 cm³/mol. The summed E-state index contributed by atoms with van der Waals surface area (Å²) in [4.78, 5) is 4.63. The van der Waals surface area contributed by atoms with E-state index in [-0.39, 0.29) is 0 Å². The molecule has 0 aliphatic carbocycles. The van der Waals surface area contributed by atoms with Crippen LogP contribution < -0.4 is 9.47 Å². The molecule has 0 bridgehead atoms. The number of hydrogen-bond donors (Lipinski definition) is 0. The zero-order valence-corrected chi connectivity index (χ0v) is 16.2. The maximum Gasteiger partial charge on any atom is 0.175 e. The smallest absolute Gasteiger partial charge is 0.175 e. The van der Waals surface area contributed by atoms with Gasteiger partial charge in [-0.25, -0.2) is 9.67 Å². The molecule has 0 saturated heterocycles. The molecule has 144 valence electrons. The molecule has 8 nitrogen and oxygen atoms in total. The van der Waals surface area contributed by atoms with Crippen molar-refractivity contribution in [1.29, 1.82) is 0 Å². The first-order valence-corrected chi connectivity index (χ1v) is 9.06. The van der Waals surface area contributed by atoms with Crippen LogP contribution in [0.5, 0.6) is 11.5 Å². The molecule has 0 amide bonds. The maximum absolute atomic E-state index is 5.41. The molecule has 0 radical (unpaired) electrons. The number of methoxy groups -OCH3 is 2. The van der Waals surface area contributed by atoms with Crippen molar-refractivity contribution in [2.75, 3.05) is 14.2 Å². The maximum atomic E-state index is 5.41. The summed E-state index contributed by atoms with van der Waals surface area (Å²) in [6.45, 7) is 2.05. The third-order valence-corrected chi connectivity index (χ3v) is 4.90. The average molecular weight is 386 g/mol. The van der Waals surface area contributed by atoms with E-state index < -0.39 is 0 Å². The SMILES string of the molecule is COc1ccc(-c2nnc3c4cnn(-c5ccc(C)cc5)c4ncn23)cc1OC. The topological polar surface area (TPSA) is 79.4 Å². The first-order chi connectivity index (χ1) is 14.2. The molecule has 2 aromatic carbocycles. The van der Waals surface area contributed by atoms with Gasteiger partial charge in [0.1, 0.15) is 6.33 Å². The van der Waals surface area contributed by atoms with Crippen LogP contribution in [0.3, 0.4) is 0 Å². The second-order valence-corrected chi connectivity index (χ2v) is 6.66. The van der Waals surface area contributed by atoms with Crippen LogP contribution in [0.25, 0.3) is 33.8 Å². The molecule has 0 unspecified atom stereocenters. The lowest BCUT2D eigenvalue weighted by atomic mass is 10.2. The molecule has 0 spiro atoms. The molecular weight excluding hydrogens is 368 g/mol. The third kappa shape index (κ3) is 2.68. The van der Waals surface area contributed by atoms with E-state index in [4.69, 9.17) is 9.47 Å². The van der Waals surface area contributed by atoms with E-state index in [1.54, 1.807) is 31.4 Å². The molecule has 0 aliphatic rings. The Hall–Kier alpha value is -3.94. The van der Waals surface area contributed by atoms with E-state index in [0.717, 1.165) is 22.3 Å². The van der Waals surface area contributed by atoms with Gasteiger partial charge in [0.15, 0.2) is 28.6 Å². The van der Waals surface area contributed by atoms with Gasteiger partial charge < -0.3 is 9.47 Å². The van der Waals surface area contributed by atoms with Crippen molar-refractivity contribution in [3.05, 3.63) is 60.6 Å². The Labute approximate surface area is 166 Å². The van der Waals surface area contributed by atoms with E-state index in [1.807, 2.05) is 46.9 Å². The number of ether oxygens (including phenoxy) is 2. The lowest BCUT2D eigenvalue weighted by molar-refractivity contribution is 0.355. The van der Waals surface area contributed by atoms with E-state index in [1.165, 1.54) is 5.56 Å². The van der Waals surface area contributed by atoms with Gasteiger partial charge in [0.2, 0.25) is 0 Å².